The summed E-state index contributed by atoms with van der Waals surface area (Å²) in [5.74, 6) is 0.0813. The molecule has 1 heterocycles. The first-order chi connectivity index (χ1) is 8.17. The van der Waals surface area contributed by atoms with Crippen molar-refractivity contribution >= 4 is 23.6 Å². The number of aliphatic imine (C=N–C) groups is 1. The summed E-state index contributed by atoms with van der Waals surface area (Å²) in [5, 5.41) is 0. The second-order valence-corrected chi connectivity index (χ2v) is 5.66. The molecule has 0 atom stereocenters. The SMILES string of the molecule is C1CC12CC2.NC1=Nc2ccc(F)cc2SN1. The van der Waals surface area contributed by atoms with E-state index in [1.165, 1.54) is 24.1 Å². The fourth-order valence-electron chi connectivity index (χ4n) is 1.78. The molecule has 1 aromatic carbocycles. The van der Waals surface area contributed by atoms with Gasteiger partial charge in [0.25, 0.3) is 0 Å². The van der Waals surface area contributed by atoms with Crippen LogP contribution in [0.25, 0.3) is 0 Å². The summed E-state index contributed by atoms with van der Waals surface area (Å²) in [4.78, 5) is 4.74. The highest BCUT2D eigenvalue weighted by molar-refractivity contribution is 7.98. The molecule has 90 valence electrons. The predicted molar refractivity (Wildman–Crippen MR) is 67.6 cm³/mol. The summed E-state index contributed by atoms with van der Waals surface area (Å²) < 4.78 is 15.4. The third-order valence-electron chi connectivity index (χ3n) is 3.34. The number of hydrogen-bond donors (Lipinski definition) is 2. The van der Waals surface area contributed by atoms with Gasteiger partial charge in [0.05, 0.1) is 10.6 Å². The average Bonchev–Trinajstić information content (AvgIpc) is 3.23. The number of nitrogens with one attached hydrogen (secondary N) is 1. The normalized spacial score (nSPS) is 21.6. The van der Waals surface area contributed by atoms with Gasteiger partial charge in [-0.25, -0.2) is 9.38 Å². The van der Waals surface area contributed by atoms with Crippen molar-refractivity contribution in [1.29, 1.82) is 0 Å². The Balaban J connectivity index is 0.000000147. The van der Waals surface area contributed by atoms with Gasteiger partial charge < -0.3 is 5.73 Å². The quantitative estimate of drug-likeness (QED) is 0.697. The summed E-state index contributed by atoms with van der Waals surface area (Å²) in [7, 11) is 0. The van der Waals surface area contributed by atoms with Crippen LogP contribution in [0.4, 0.5) is 10.1 Å². The molecular formula is C12H14FN3S. The highest BCUT2D eigenvalue weighted by Gasteiger charge is 2.52. The van der Waals surface area contributed by atoms with Crippen LogP contribution >= 0.6 is 11.9 Å². The van der Waals surface area contributed by atoms with Crippen LogP contribution in [-0.2, 0) is 0 Å². The second-order valence-electron chi connectivity index (χ2n) is 4.81. The molecule has 0 saturated heterocycles. The molecule has 0 aromatic heterocycles. The molecule has 0 radical (unpaired) electrons. The van der Waals surface area contributed by atoms with Crippen molar-refractivity contribution in [2.45, 2.75) is 30.6 Å². The Kier molecular flexibility index (Phi) is 2.50. The van der Waals surface area contributed by atoms with Crippen LogP contribution in [0.1, 0.15) is 25.7 Å². The van der Waals surface area contributed by atoms with Crippen LogP contribution < -0.4 is 10.5 Å². The lowest BCUT2D eigenvalue weighted by Crippen LogP contribution is -2.27. The third kappa shape index (κ3) is 2.54. The molecule has 2 saturated carbocycles. The Morgan fingerprint density at radius 2 is 2.00 bits per heavy atom. The molecule has 5 heteroatoms. The van der Waals surface area contributed by atoms with Crippen LogP contribution in [0.15, 0.2) is 28.1 Å². The van der Waals surface area contributed by atoms with Crippen molar-refractivity contribution in [3.8, 4) is 0 Å². The molecule has 17 heavy (non-hydrogen) atoms. The van der Waals surface area contributed by atoms with Crippen LogP contribution in [0, 0.1) is 11.2 Å². The summed E-state index contributed by atoms with van der Waals surface area (Å²) in [6.07, 6.45) is 6.25. The largest absolute Gasteiger partial charge is 0.369 e. The van der Waals surface area contributed by atoms with Gasteiger partial charge in [0.1, 0.15) is 5.82 Å². The van der Waals surface area contributed by atoms with Crippen LogP contribution in [-0.4, -0.2) is 5.96 Å². The molecule has 0 unspecified atom stereocenters. The molecule has 2 aliphatic carbocycles. The van der Waals surface area contributed by atoms with Crippen molar-refractivity contribution in [2.24, 2.45) is 16.1 Å². The van der Waals surface area contributed by atoms with E-state index < -0.39 is 0 Å². The molecule has 0 bridgehead atoms. The molecule has 3 N–H and O–H groups in total. The fourth-order valence-corrected chi connectivity index (χ4v) is 2.43. The van der Waals surface area contributed by atoms with Crippen molar-refractivity contribution in [3.05, 3.63) is 24.0 Å². The summed E-state index contributed by atoms with van der Waals surface area (Å²) in [6.45, 7) is 0. The summed E-state index contributed by atoms with van der Waals surface area (Å²) in [6, 6.07) is 4.38. The van der Waals surface area contributed by atoms with Crippen LogP contribution in [0.5, 0.6) is 0 Å². The molecule has 1 aromatic rings. The standard InChI is InChI=1S/C7H6FN3S.C5H8/c8-4-1-2-5-6(3-4)12-11-7(9)10-5;1-2-5(1)3-4-5/h1-3H,(H3,9,10,11);1-4H2. The van der Waals surface area contributed by atoms with E-state index >= 15 is 0 Å². The van der Waals surface area contributed by atoms with Gasteiger partial charge in [-0.2, -0.15) is 0 Å². The lowest BCUT2D eigenvalue weighted by Gasteiger charge is -2.12. The molecular weight excluding hydrogens is 237 g/mol. The maximum Gasteiger partial charge on any atom is 0.204 e. The topological polar surface area (TPSA) is 50.4 Å². The van der Waals surface area contributed by atoms with Gasteiger partial charge in [-0.1, -0.05) is 0 Å². The van der Waals surface area contributed by atoms with Crippen LogP contribution in [0.2, 0.25) is 0 Å². The Hall–Kier alpha value is -1.23. The second kappa shape index (κ2) is 3.91. The van der Waals surface area contributed by atoms with E-state index in [4.69, 9.17) is 5.73 Å². The van der Waals surface area contributed by atoms with Gasteiger partial charge in [0, 0.05) is 0 Å². The van der Waals surface area contributed by atoms with Crippen molar-refractivity contribution in [3.63, 3.8) is 0 Å². The number of nitrogens with two attached hydrogens (primary N) is 1. The first-order valence-electron chi connectivity index (χ1n) is 5.74. The number of halogens is 1. The molecule has 3 aliphatic rings. The Bertz CT molecular complexity index is 465. The molecule has 1 aliphatic heterocycles. The number of rotatable bonds is 0. The number of benzene rings is 1. The number of hydrogen-bond acceptors (Lipinski definition) is 4. The van der Waals surface area contributed by atoms with Crippen molar-refractivity contribution in [2.75, 3.05) is 0 Å². The molecule has 4 rings (SSSR count). The average molecular weight is 251 g/mol. The molecule has 2 fully saturated rings. The predicted octanol–water partition coefficient (Wildman–Crippen LogP) is 2.94. The smallest absolute Gasteiger partial charge is 0.204 e. The van der Waals surface area contributed by atoms with Crippen molar-refractivity contribution in [1.82, 2.24) is 4.72 Å². The maximum absolute atomic E-state index is 12.7. The van der Waals surface area contributed by atoms with E-state index in [2.05, 4.69) is 9.71 Å². The molecule has 1 spiro atoms. The lowest BCUT2D eigenvalue weighted by molar-refractivity contribution is 0.624. The van der Waals surface area contributed by atoms with Gasteiger partial charge in [-0.05, 0) is 61.2 Å². The summed E-state index contributed by atoms with van der Waals surface area (Å²) in [5.41, 5.74) is 7.12. The zero-order chi connectivity index (χ0) is 11.9. The van der Waals surface area contributed by atoms with Crippen LogP contribution in [0.3, 0.4) is 0 Å². The molecule has 0 amide bonds. The van der Waals surface area contributed by atoms with E-state index in [1.54, 1.807) is 31.7 Å². The number of guanidine groups is 1. The highest BCUT2D eigenvalue weighted by atomic mass is 32.2. The van der Waals surface area contributed by atoms with Gasteiger partial charge in [-0.15, -0.1) is 0 Å². The third-order valence-corrected chi connectivity index (χ3v) is 4.20. The van der Waals surface area contributed by atoms with Gasteiger partial charge >= 0.3 is 0 Å². The first-order valence-corrected chi connectivity index (χ1v) is 6.55. The fraction of sp³-hybridized carbons (Fsp3) is 0.417. The number of fused-ring (bicyclic) bond motifs is 1. The highest BCUT2D eigenvalue weighted by Crippen LogP contribution is 2.65. The minimum absolute atomic E-state index is 0.265. The zero-order valence-corrected chi connectivity index (χ0v) is 10.2. The minimum Gasteiger partial charge on any atom is -0.369 e. The van der Waals surface area contributed by atoms with E-state index in [0.717, 1.165) is 10.3 Å². The Labute approximate surface area is 104 Å². The van der Waals surface area contributed by atoms with E-state index in [-0.39, 0.29) is 5.82 Å². The Morgan fingerprint density at radius 3 is 2.59 bits per heavy atom. The summed E-state index contributed by atoms with van der Waals surface area (Å²) >= 11 is 1.27. The van der Waals surface area contributed by atoms with E-state index in [9.17, 15) is 4.39 Å². The minimum atomic E-state index is -0.265. The van der Waals surface area contributed by atoms with Gasteiger partial charge in [-0.3, -0.25) is 4.72 Å². The van der Waals surface area contributed by atoms with Crippen molar-refractivity contribution < 1.29 is 4.39 Å². The van der Waals surface area contributed by atoms with Gasteiger partial charge in [0.15, 0.2) is 0 Å². The molecule has 3 nitrogen and oxygen atoms in total. The lowest BCUT2D eigenvalue weighted by atomic mass is 10.3. The van der Waals surface area contributed by atoms with E-state index in [0.29, 0.717) is 11.6 Å². The van der Waals surface area contributed by atoms with E-state index in [1.807, 2.05) is 0 Å². The Morgan fingerprint density at radius 1 is 1.29 bits per heavy atom. The first kappa shape index (κ1) is 10.9. The number of nitrogens with zero attached hydrogens (tertiary/aromatic N) is 1. The zero-order valence-electron chi connectivity index (χ0n) is 9.37. The van der Waals surface area contributed by atoms with Gasteiger partial charge in [0.2, 0.25) is 5.96 Å². The maximum atomic E-state index is 12.7. The monoisotopic (exact) mass is 251 g/mol.